The number of hydrogen-bond acceptors (Lipinski definition) is 10. The summed E-state index contributed by atoms with van der Waals surface area (Å²) in [6, 6.07) is 16.8. The van der Waals surface area contributed by atoms with Crippen LogP contribution in [0.5, 0.6) is 17.2 Å². The van der Waals surface area contributed by atoms with Gasteiger partial charge in [-0.3, -0.25) is 4.79 Å². The average Bonchev–Trinajstić information content (AvgIpc) is 2.82. The van der Waals surface area contributed by atoms with E-state index >= 15 is 0 Å². The summed E-state index contributed by atoms with van der Waals surface area (Å²) >= 11 is 0. The molecule has 0 aliphatic rings. The summed E-state index contributed by atoms with van der Waals surface area (Å²) in [6.07, 6.45) is 1.13. The van der Waals surface area contributed by atoms with Crippen molar-refractivity contribution in [2.75, 3.05) is 5.73 Å². The van der Waals surface area contributed by atoms with Crippen molar-refractivity contribution in [2.24, 2.45) is 0 Å². The molecule has 0 unspecified atom stereocenters. The van der Waals surface area contributed by atoms with Crippen LogP contribution in [-0.2, 0) is 14.3 Å². The standard InChI is InChI=1S/C26H18N2O8/c1-15(29)34-22-8-3-2-7-20(22)25(32)35-23-13-18(28)9-10-21(23)26(33)36-24(31)17(14-27)11-16-5-4-6-19(30)12-16/h2-13,30H,28H2,1H3/b17-11+. The van der Waals surface area contributed by atoms with Crippen LogP contribution in [0.15, 0.2) is 72.3 Å². The van der Waals surface area contributed by atoms with Gasteiger partial charge in [0.25, 0.3) is 0 Å². The Balaban J connectivity index is 1.85. The van der Waals surface area contributed by atoms with Crippen molar-refractivity contribution in [3.63, 3.8) is 0 Å². The summed E-state index contributed by atoms with van der Waals surface area (Å²) in [6.45, 7) is 1.16. The van der Waals surface area contributed by atoms with E-state index in [1.807, 2.05) is 0 Å². The van der Waals surface area contributed by atoms with Crippen molar-refractivity contribution < 1.29 is 38.5 Å². The molecule has 0 spiro atoms. The maximum absolute atomic E-state index is 12.8. The number of ether oxygens (including phenoxy) is 3. The van der Waals surface area contributed by atoms with Gasteiger partial charge in [0.05, 0.1) is 0 Å². The third kappa shape index (κ3) is 6.33. The number of esters is 4. The predicted octanol–water partition coefficient (Wildman–Crippen LogP) is 3.41. The number of phenolic OH excluding ortho intramolecular Hbond substituents is 1. The SMILES string of the molecule is CC(=O)Oc1ccccc1C(=O)Oc1cc(N)ccc1C(=O)OC(=O)/C(C#N)=C/c1cccc(O)c1. The maximum atomic E-state index is 12.8. The molecule has 0 saturated heterocycles. The van der Waals surface area contributed by atoms with E-state index in [1.165, 1.54) is 60.7 Å². The van der Waals surface area contributed by atoms with Gasteiger partial charge in [-0.25, -0.2) is 14.4 Å². The van der Waals surface area contributed by atoms with Crippen molar-refractivity contribution in [3.8, 4) is 23.3 Å². The third-order valence-corrected chi connectivity index (χ3v) is 4.50. The van der Waals surface area contributed by atoms with Crippen molar-refractivity contribution in [1.29, 1.82) is 5.26 Å². The van der Waals surface area contributed by atoms with Crippen molar-refractivity contribution in [1.82, 2.24) is 0 Å². The molecule has 0 heterocycles. The van der Waals surface area contributed by atoms with E-state index in [0.29, 0.717) is 5.56 Å². The highest BCUT2D eigenvalue weighted by molar-refractivity contribution is 6.08. The van der Waals surface area contributed by atoms with Crippen LogP contribution in [0.1, 0.15) is 33.2 Å². The first kappa shape index (κ1) is 25.2. The molecule has 36 heavy (non-hydrogen) atoms. The Kier molecular flexibility index (Phi) is 7.79. The zero-order valence-corrected chi connectivity index (χ0v) is 18.8. The van der Waals surface area contributed by atoms with Crippen LogP contribution in [0.25, 0.3) is 6.08 Å². The van der Waals surface area contributed by atoms with E-state index in [9.17, 15) is 29.5 Å². The molecule has 0 fully saturated rings. The van der Waals surface area contributed by atoms with E-state index in [-0.39, 0.29) is 34.1 Å². The first-order valence-corrected chi connectivity index (χ1v) is 10.2. The summed E-state index contributed by atoms with van der Waals surface area (Å²) in [5, 5.41) is 18.9. The second-order valence-corrected chi connectivity index (χ2v) is 7.18. The lowest BCUT2D eigenvalue weighted by Crippen LogP contribution is -2.17. The minimum Gasteiger partial charge on any atom is -0.508 e. The average molecular weight is 486 g/mol. The molecule has 0 amide bonds. The van der Waals surface area contributed by atoms with Gasteiger partial charge in [0, 0.05) is 18.7 Å². The number of benzene rings is 3. The Morgan fingerprint density at radius 1 is 0.889 bits per heavy atom. The number of nitrogen functional groups attached to an aromatic ring is 1. The first-order chi connectivity index (χ1) is 17.2. The zero-order chi connectivity index (χ0) is 26.2. The van der Waals surface area contributed by atoms with Gasteiger partial charge in [-0.15, -0.1) is 0 Å². The molecule has 0 radical (unpaired) electrons. The molecule has 0 bridgehead atoms. The maximum Gasteiger partial charge on any atom is 0.356 e. The number of hydrogen-bond donors (Lipinski definition) is 2. The molecule has 0 aliphatic carbocycles. The zero-order valence-electron chi connectivity index (χ0n) is 18.8. The topological polar surface area (TPSA) is 166 Å². The lowest BCUT2D eigenvalue weighted by Gasteiger charge is -2.12. The van der Waals surface area contributed by atoms with Crippen LogP contribution >= 0.6 is 0 Å². The summed E-state index contributed by atoms with van der Waals surface area (Å²) in [7, 11) is 0. The molecule has 3 rings (SSSR count). The number of carbonyl (C=O) groups excluding carboxylic acids is 4. The van der Waals surface area contributed by atoms with Gasteiger partial charge in [-0.05, 0) is 48.0 Å². The van der Waals surface area contributed by atoms with E-state index in [1.54, 1.807) is 12.1 Å². The van der Waals surface area contributed by atoms with Crippen molar-refractivity contribution in [2.45, 2.75) is 6.92 Å². The fourth-order valence-corrected chi connectivity index (χ4v) is 2.94. The van der Waals surface area contributed by atoms with Crippen LogP contribution < -0.4 is 15.2 Å². The number of phenols is 1. The van der Waals surface area contributed by atoms with Crippen LogP contribution in [-0.4, -0.2) is 29.0 Å². The minimum absolute atomic E-state index is 0.0612. The summed E-state index contributed by atoms with van der Waals surface area (Å²) in [4.78, 5) is 49.3. The van der Waals surface area contributed by atoms with Gasteiger partial charge >= 0.3 is 23.9 Å². The second-order valence-electron chi connectivity index (χ2n) is 7.18. The number of rotatable bonds is 6. The number of carbonyl (C=O) groups is 4. The Morgan fingerprint density at radius 3 is 2.31 bits per heavy atom. The van der Waals surface area contributed by atoms with Crippen molar-refractivity contribution in [3.05, 3.63) is 89.0 Å². The Labute approximate surface area is 204 Å². The fourth-order valence-electron chi connectivity index (χ4n) is 2.94. The monoisotopic (exact) mass is 486 g/mol. The smallest absolute Gasteiger partial charge is 0.356 e. The van der Waals surface area contributed by atoms with Gasteiger partial charge in [0.2, 0.25) is 0 Å². The van der Waals surface area contributed by atoms with Crippen LogP contribution in [0.4, 0.5) is 5.69 Å². The molecule has 10 nitrogen and oxygen atoms in total. The highest BCUT2D eigenvalue weighted by atomic mass is 16.6. The Morgan fingerprint density at radius 2 is 1.61 bits per heavy atom. The van der Waals surface area contributed by atoms with Crippen LogP contribution in [0.2, 0.25) is 0 Å². The van der Waals surface area contributed by atoms with Gasteiger partial charge < -0.3 is 25.1 Å². The molecule has 0 atom stereocenters. The number of anilines is 1. The highest BCUT2D eigenvalue weighted by Gasteiger charge is 2.24. The van der Waals surface area contributed by atoms with Gasteiger partial charge in [-0.1, -0.05) is 24.3 Å². The fraction of sp³-hybridized carbons (Fsp3) is 0.0385. The molecule has 10 heteroatoms. The van der Waals surface area contributed by atoms with E-state index in [4.69, 9.17) is 19.9 Å². The third-order valence-electron chi connectivity index (χ3n) is 4.50. The number of nitrogens with two attached hydrogens (primary N) is 1. The minimum atomic E-state index is -1.26. The first-order valence-electron chi connectivity index (χ1n) is 10.2. The quantitative estimate of drug-likeness (QED) is 0.132. The van der Waals surface area contributed by atoms with Crippen LogP contribution in [0.3, 0.4) is 0 Å². The van der Waals surface area contributed by atoms with Gasteiger partial charge in [0.15, 0.2) is 0 Å². The Bertz CT molecular complexity index is 1440. The number of nitrogens with zero attached hydrogens (tertiary/aromatic N) is 1. The molecule has 3 N–H and O–H groups in total. The molecular formula is C26H18N2O8. The number of nitriles is 1. The summed E-state index contributed by atoms with van der Waals surface area (Å²) in [5.41, 5.74) is 5.26. The van der Waals surface area contributed by atoms with E-state index < -0.39 is 29.5 Å². The van der Waals surface area contributed by atoms with E-state index in [0.717, 1.165) is 13.0 Å². The number of aromatic hydroxyl groups is 1. The molecule has 0 aromatic heterocycles. The molecular weight excluding hydrogens is 468 g/mol. The largest absolute Gasteiger partial charge is 0.508 e. The molecule has 0 aliphatic heterocycles. The van der Waals surface area contributed by atoms with Gasteiger partial charge in [-0.2, -0.15) is 5.26 Å². The number of para-hydroxylation sites is 1. The van der Waals surface area contributed by atoms with Gasteiger partial charge in [0.1, 0.15) is 40.0 Å². The van der Waals surface area contributed by atoms with E-state index in [2.05, 4.69) is 0 Å². The molecule has 3 aromatic carbocycles. The summed E-state index contributed by atoms with van der Waals surface area (Å²) in [5.74, 6) is -4.59. The summed E-state index contributed by atoms with van der Waals surface area (Å²) < 4.78 is 15.1. The van der Waals surface area contributed by atoms with Crippen LogP contribution in [0, 0.1) is 11.3 Å². The normalized spacial score (nSPS) is 10.6. The Hall–Kier alpha value is -5.43. The molecule has 0 saturated carbocycles. The molecule has 3 aromatic rings. The highest BCUT2D eigenvalue weighted by Crippen LogP contribution is 2.27. The molecule has 180 valence electrons. The lowest BCUT2D eigenvalue weighted by atomic mass is 10.1. The predicted molar refractivity (Wildman–Crippen MR) is 126 cm³/mol. The van der Waals surface area contributed by atoms with Crippen molar-refractivity contribution >= 4 is 35.6 Å². The lowest BCUT2D eigenvalue weighted by molar-refractivity contribution is -0.133. The second kappa shape index (κ2) is 11.1.